The highest BCUT2D eigenvalue weighted by Crippen LogP contribution is 2.36. The molecule has 0 atom stereocenters. The summed E-state index contributed by atoms with van der Waals surface area (Å²) in [5.74, 6) is -0.263. The standard InChI is InChI=1S/C19H21BFNO2/c1-18(2)19(3,4)24-20(23-18)15-7-5-14(6-8-15)13-22-17-11-9-16(21)10-12-17/h5-13H,1-4H3/b22-13+. The second kappa shape index (κ2) is 6.15. The minimum Gasteiger partial charge on any atom is -0.399 e. The molecule has 1 saturated heterocycles. The largest absolute Gasteiger partial charge is 0.494 e. The second-order valence-corrected chi connectivity index (χ2v) is 6.99. The Balaban J connectivity index is 1.71. The maximum absolute atomic E-state index is 12.9. The van der Waals surface area contributed by atoms with Gasteiger partial charge in [0.15, 0.2) is 0 Å². The molecule has 1 fully saturated rings. The lowest BCUT2D eigenvalue weighted by Crippen LogP contribution is -2.41. The van der Waals surface area contributed by atoms with E-state index in [1.807, 2.05) is 52.0 Å². The molecule has 0 amide bonds. The van der Waals surface area contributed by atoms with Crippen LogP contribution >= 0.6 is 0 Å². The summed E-state index contributed by atoms with van der Waals surface area (Å²) in [5, 5.41) is 0. The Morgan fingerprint density at radius 2 is 1.42 bits per heavy atom. The molecule has 2 aromatic carbocycles. The third kappa shape index (κ3) is 3.42. The summed E-state index contributed by atoms with van der Waals surface area (Å²) in [6.45, 7) is 8.15. The maximum Gasteiger partial charge on any atom is 0.494 e. The Hall–Kier alpha value is -1.98. The molecule has 24 heavy (non-hydrogen) atoms. The van der Waals surface area contributed by atoms with Crippen LogP contribution in [0.3, 0.4) is 0 Å². The van der Waals surface area contributed by atoms with Crippen molar-refractivity contribution in [2.45, 2.75) is 38.9 Å². The van der Waals surface area contributed by atoms with Gasteiger partial charge < -0.3 is 9.31 Å². The molecular formula is C19H21BFNO2. The molecule has 124 valence electrons. The first-order chi connectivity index (χ1) is 11.3. The van der Waals surface area contributed by atoms with E-state index >= 15 is 0 Å². The van der Waals surface area contributed by atoms with Gasteiger partial charge in [0.1, 0.15) is 5.82 Å². The van der Waals surface area contributed by atoms with Crippen LogP contribution in [0.4, 0.5) is 10.1 Å². The molecule has 0 N–H and O–H groups in total. The lowest BCUT2D eigenvalue weighted by molar-refractivity contribution is 0.00578. The molecule has 0 saturated carbocycles. The minimum atomic E-state index is -0.363. The first-order valence-electron chi connectivity index (χ1n) is 8.02. The molecule has 2 aromatic rings. The summed E-state index contributed by atoms with van der Waals surface area (Å²) in [6, 6.07) is 14.0. The first-order valence-corrected chi connectivity index (χ1v) is 8.02. The molecular weight excluding hydrogens is 304 g/mol. The number of aliphatic imine (C=N–C) groups is 1. The smallest absolute Gasteiger partial charge is 0.399 e. The highest BCUT2D eigenvalue weighted by Gasteiger charge is 2.51. The Morgan fingerprint density at radius 1 is 0.875 bits per heavy atom. The van der Waals surface area contributed by atoms with E-state index in [1.54, 1.807) is 18.3 Å². The molecule has 0 aromatic heterocycles. The summed E-state index contributed by atoms with van der Waals surface area (Å²) in [4.78, 5) is 4.34. The summed E-state index contributed by atoms with van der Waals surface area (Å²) in [5.41, 5.74) is 1.96. The minimum absolute atomic E-state index is 0.263. The Kier molecular flexibility index (Phi) is 4.32. The van der Waals surface area contributed by atoms with Gasteiger partial charge in [-0.25, -0.2) is 4.39 Å². The lowest BCUT2D eigenvalue weighted by Gasteiger charge is -2.32. The topological polar surface area (TPSA) is 30.8 Å². The Bertz CT molecular complexity index is 723. The molecule has 0 bridgehead atoms. The highest BCUT2D eigenvalue weighted by atomic mass is 19.1. The van der Waals surface area contributed by atoms with Crippen LogP contribution in [0.5, 0.6) is 0 Å². The van der Waals surface area contributed by atoms with E-state index in [1.165, 1.54) is 12.1 Å². The van der Waals surface area contributed by atoms with Crippen LogP contribution in [0.15, 0.2) is 53.5 Å². The summed E-state index contributed by atoms with van der Waals surface area (Å²) < 4.78 is 25.0. The maximum atomic E-state index is 12.9. The molecule has 0 radical (unpaired) electrons. The summed E-state index contributed by atoms with van der Waals surface area (Å²) >= 11 is 0. The van der Waals surface area contributed by atoms with Crippen molar-refractivity contribution >= 4 is 24.5 Å². The monoisotopic (exact) mass is 325 g/mol. The van der Waals surface area contributed by atoms with E-state index < -0.39 is 0 Å². The molecule has 3 rings (SSSR count). The lowest BCUT2D eigenvalue weighted by atomic mass is 9.79. The number of halogens is 1. The summed E-state index contributed by atoms with van der Waals surface area (Å²) in [6.07, 6.45) is 1.75. The molecule has 5 heteroatoms. The van der Waals surface area contributed by atoms with Crippen molar-refractivity contribution in [1.29, 1.82) is 0 Å². The van der Waals surface area contributed by atoms with Gasteiger partial charge in [0, 0.05) is 6.21 Å². The van der Waals surface area contributed by atoms with Crippen LogP contribution in [-0.2, 0) is 9.31 Å². The zero-order chi connectivity index (χ0) is 17.4. The first kappa shape index (κ1) is 16.9. The second-order valence-electron chi connectivity index (χ2n) is 6.99. The van der Waals surface area contributed by atoms with Crippen LogP contribution in [0.2, 0.25) is 0 Å². The van der Waals surface area contributed by atoms with Crippen molar-refractivity contribution in [2.75, 3.05) is 0 Å². The van der Waals surface area contributed by atoms with Crippen molar-refractivity contribution in [1.82, 2.24) is 0 Å². The normalized spacial score (nSPS) is 19.1. The molecule has 1 aliphatic heterocycles. The van der Waals surface area contributed by atoms with E-state index in [0.717, 1.165) is 11.0 Å². The molecule has 1 aliphatic rings. The quantitative estimate of drug-likeness (QED) is 0.633. The van der Waals surface area contributed by atoms with E-state index in [4.69, 9.17) is 9.31 Å². The van der Waals surface area contributed by atoms with E-state index in [-0.39, 0.29) is 24.1 Å². The predicted molar refractivity (Wildman–Crippen MR) is 95.8 cm³/mol. The van der Waals surface area contributed by atoms with Crippen molar-refractivity contribution in [3.05, 3.63) is 59.9 Å². The van der Waals surface area contributed by atoms with Gasteiger partial charge in [-0.15, -0.1) is 0 Å². The van der Waals surface area contributed by atoms with Gasteiger partial charge >= 0.3 is 7.12 Å². The van der Waals surface area contributed by atoms with E-state index in [2.05, 4.69) is 4.99 Å². The fourth-order valence-electron chi connectivity index (χ4n) is 2.39. The van der Waals surface area contributed by atoms with Gasteiger partial charge in [-0.05, 0) is 63.0 Å². The number of hydrogen-bond donors (Lipinski definition) is 0. The van der Waals surface area contributed by atoms with Crippen LogP contribution in [0, 0.1) is 5.82 Å². The van der Waals surface area contributed by atoms with Gasteiger partial charge in [-0.3, -0.25) is 4.99 Å². The molecule has 0 spiro atoms. The number of nitrogens with zero attached hydrogens (tertiary/aromatic N) is 1. The van der Waals surface area contributed by atoms with E-state index in [0.29, 0.717) is 5.69 Å². The Morgan fingerprint density at radius 3 is 1.96 bits per heavy atom. The third-order valence-electron chi connectivity index (χ3n) is 4.65. The SMILES string of the molecule is CC1(C)OB(c2ccc(/C=N/c3ccc(F)cc3)cc2)OC1(C)C. The molecule has 3 nitrogen and oxygen atoms in total. The fraction of sp³-hybridized carbons (Fsp3) is 0.316. The third-order valence-corrected chi connectivity index (χ3v) is 4.65. The Labute approximate surface area is 142 Å². The van der Waals surface area contributed by atoms with Crippen molar-refractivity contribution in [2.24, 2.45) is 4.99 Å². The van der Waals surface area contributed by atoms with Gasteiger partial charge in [-0.2, -0.15) is 0 Å². The van der Waals surface area contributed by atoms with Crippen LogP contribution in [0.1, 0.15) is 33.3 Å². The van der Waals surface area contributed by atoms with Gasteiger partial charge in [0.2, 0.25) is 0 Å². The van der Waals surface area contributed by atoms with Crippen molar-refractivity contribution in [3.8, 4) is 0 Å². The average Bonchev–Trinajstić information content (AvgIpc) is 2.75. The van der Waals surface area contributed by atoms with Gasteiger partial charge in [0.05, 0.1) is 16.9 Å². The fourth-order valence-corrected chi connectivity index (χ4v) is 2.39. The number of rotatable bonds is 3. The predicted octanol–water partition coefficient (Wildman–Crippen LogP) is 3.88. The molecule has 0 unspecified atom stereocenters. The number of hydrogen-bond acceptors (Lipinski definition) is 3. The van der Waals surface area contributed by atoms with Crippen LogP contribution in [0.25, 0.3) is 0 Å². The average molecular weight is 325 g/mol. The highest BCUT2D eigenvalue weighted by molar-refractivity contribution is 6.62. The molecule has 1 heterocycles. The molecule has 0 aliphatic carbocycles. The van der Waals surface area contributed by atoms with Crippen molar-refractivity contribution in [3.63, 3.8) is 0 Å². The zero-order valence-corrected chi connectivity index (χ0v) is 14.4. The van der Waals surface area contributed by atoms with Gasteiger partial charge in [-0.1, -0.05) is 24.3 Å². The van der Waals surface area contributed by atoms with Crippen LogP contribution < -0.4 is 5.46 Å². The summed E-state index contributed by atoms with van der Waals surface area (Å²) in [7, 11) is -0.363. The van der Waals surface area contributed by atoms with Gasteiger partial charge in [0.25, 0.3) is 0 Å². The zero-order valence-electron chi connectivity index (χ0n) is 14.4. The van der Waals surface area contributed by atoms with Crippen LogP contribution in [-0.4, -0.2) is 24.5 Å². The number of benzene rings is 2. The van der Waals surface area contributed by atoms with E-state index in [9.17, 15) is 4.39 Å². The van der Waals surface area contributed by atoms with Crippen molar-refractivity contribution < 1.29 is 13.7 Å².